The highest BCUT2D eigenvalue weighted by atomic mass is 15.3. The molecular weight excluding hydrogens is 410 g/mol. The molecule has 7 heteroatoms. The van der Waals surface area contributed by atoms with Crippen molar-refractivity contribution < 1.29 is 0 Å². The second-order valence-corrected chi connectivity index (χ2v) is 10.6. The van der Waals surface area contributed by atoms with Crippen LogP contribution in [0.15, 0.2) is 6.07 Å². The van der Waals surface area contributed by atoms with E-state index >= 15 is 0 Å². The summed E-state index contributed by atoms with van der Waals surface area (Å²) >= 11 is 0. The predicted octanol–water partition coefficient (Wildman–Crippen LogP) is 4.20. The zero-order chi connectivity index (χ0) is 23.2. The zero-order valence-electron chi connectivity index (χ0n) is 20.7. The summed E-state index contributed by atoms with van der Waals surface area (Å²) in [6, 6.07) is 2.12. The van der Waals surface area contributed by atoms with E-state index in [-0.39, 0.29) is 0 Å². The van der Waals surface area contributed by atoms with Gasteiger partial charge in [0.05, 0.1) is 16.9 Å². The third-order valence-electron chi connectivity index (χ3n) is 8.66. The molecule has 3 aliphatic carbocycles. The van der Waals surface area contributed by atoms with Crippen molar-refractivity contribution in [3.05, 3.63) is 34.3 Å². The van der Waals surface area contributed by atoms with Crippen molar-refractivity contribution >= 4 is 17.7 Å². The molecule has 3 heterocycles. The molecule has 2 aromatic rings. The molecule has 0 aromatic carbocycles. The van der Waals surface area contributed by atoms with Gasteiger partial charge in [-0.3, -0.25) is 4.68 Å². The standard InChI is InChI=1S/C26H39N7/c1-5-29-26-10-7-25(8-11-26,9-12-26)17-33-22-6-13-32(16-21(22)19(3)31-33)23-14-18(2)30-24(28-4)20(23)15-27/h14-15,27,29H,5-13,16-17H2,1-4H3,(H,28,30). The molecule has 0 atom stereocenters. The van der Waals surface area contributed by atoms with Gasteiger partial charge in [0.25, 0.3) is 0 Å². The molecule has 2 aromatic heterocycles. The second-order valence-electron chi connectivity index (χ2n) is 10.6. The lowest BCUT2D eigenvalue weighted by atomic mass is 9.57. The molecule has 0 saturated heterocycles. The number of aryl methyl sites for hydroxylation is 2. The minimum Gasteiger partial charge on any atom is -0.373 e. The lowest BCUT2D eigenvalue weighted by Gasteiger charge is -2.54. The van der Waals surface area contributed by atoms with Crippen LogP contribution in [0.25, 0.3) is 0 Å². The van der Waals surface area contributed by atoms with E-state index in [0.717, 1.165) is 61.1 Å². The number of aromatic nitrogens is 3. The Labute approximate surface area is 197 Å². The molecule has 0 amide bonds. The van der Waals surface area contributed by atoms with Crippen LogP contribution in [-0.2, 0) is 19.5 Å². The van der Waals surface area contributed by atoms with Crippen LogP contribution in [0.5, 0.6) is 0 Å². The molecule has 0 spiro atoms. The molecule has 0 radical (unpaired) electrons. The Balaban J connectivity index is 1.38. The first-order valence-corrected chi connectivity index (χ1v) is 12.7. The number of pyridine rings is 1. The van der Waals surface area contributed by atoms with Gasteiger partial charge < -0.3 is 20.9 Å². The molecule has 2 bridgehead atoms. The summed E-state index contributed by atoms with van der Waals surface area (Å²) in [5.41, 5.74) is 7.75. The van der Waals surface area contributed by atoms with Gasteiger partial charge in [-0.1, -0.05) is 6.92 Å². The molecule has 33 heavy (non-hydrogen) atoms. The van der Waals surface area contributed by atoms with Gasteiger partial charge in [-0.15, -0.1) is 0 Å². The van der Waals surface area contributed by atoms with Crippen LogP contribution in [-0.4, -0.2) is 46.7 Å². The first-order valence-electron chi connectivity index (χ1n) is 12.7. The van der Waals surface area contributed by atoms with Crippen LogP contribution in [0.2, 0.25) is 0 Å². The smallest absolute Gasteiger partial charge is 0.136 e. The molecule has 1 aliphatic heterocycles. The molecule has 7 nitrogen and oxygen atoms in total. The maximum atomic E-state index is 7.99. The van der Waals surface area contributed by atoms with E-state index in [9.17, 15) is 0 Å². The molecular formula is C26H39N7. The monoisotopic (exact) mass is 449 g/mol. The molecule has 0 unspecified atom stereocenters. The van der Waals surface area contributed by atoms with Gasteiger partial charge in [0.2, 0.25) is 0 Å². The summed E-state index contributed by atoms with van der Waals surface area (Å²) in [5.74, 6) is 0.778. The van der Waals surface area contributed by atoms with Crippen LogP contribution in [0, 0.1) is 24.7 Å². The summed E-state index contributed by atoms with van der Waals surface area (Å²) in [7, 11) is 1.87. The average molecular weight is 450 g/mol. The first-order chi connectivity index (χ1) is 15.9. The Kier molecular flexibility index (Phi) is 5.71. The van der Waals surface area contributed by atoms with Crippen LogP contribution in [0.4, 0.5) is 11.5 Å². The largest absolute Gasteiger partial charge is 0.373 e. The molecule has 3 N–H and O–H groups in total. The van der Waals surface area contributed by atoms with E-state index in [0.29, 0.717) is 11.0 Å². The molecule has 6 rings (SSSR count). The van der Waals surface area contributed by atoms with Crippen LogP contribution in [0.3, 0.4) is 0 Å². The van der Waals surface area contributed by atoms with Gasteiger partial charge in [0.1, 0.15) is 5.82 Å². The number of nitrogens with zero attached hydrogens (tertiary/aromatic N) is 4. The van der Waals surface area contributed by atoms with Crippen molar-refractivity contribution in [3.8, 4) is 0 Å². The number of anilines is 2. The van der Waals surface area contributed by atoms with Gasteiger partial charge in [0, 0.05) is 61.8 Å². The quantitative estimate of drug-likeness (QED) is 0.552. The average Bonchev–Trinajstić information content (AvgIpc) is 3.14. The number of rotatable bonds is 7. The fourth-order valence-corrected chi connectivity index (χ4v) is 6.72. The molecule has 178 valence electrons. The molecule has 4 aliphatic rings. The highest BCUT2D eigenvalue weighted by Crippen LogP contribution is 2.53. The van der Waals surface area contributed by atoms with E-state index in [1.165, 1.54) is 56.0 Å². The van der Waals surface area contributed by atoms with E-state index in [2.05, 4.69) is 45.1 Å². The van der Waals surface area contributed by atoms with E-state index in [1.54, 1.807) is 0 Å². The van der Waals surface area contributed by atoms with Gasteiger partial charge in [0.15, 0.2) is 0 Å². The highest BCUT2D eigenvalue weighted by Gasteiger charge is 2.48. The number of nitrogens with one attached hydrogen (secondary N) is 3. The maximum absolute atomic E-state index is 7.99. The Hall–Kier alpha value is -2.41. The van der Waals surface area contributed by atoms with Crippen molar-refractivity contribution in [1.82, 2.24) is 20.1 Å². The summed E-state index contributed by atoms with van der Waals surface area (Å²) in [6.07, 6.45) is 10.4. The zero-order valence-corrected chi connectivity index (χ0v) is 20.7. The lowest BCUT2D eigenvalue weighted by molar-refractivity contribution is 0.00851. The number of hydrogen-bond acceptors (Lipinski definition) is 6. The molecule has 3 fully saturated rings. The van der Waals surface area contributed by atoms with Gasteiger partial charge in [-0.05, 0) is 70.4 Å². The van der Waals surface area contributed by atoms with E-state index in [4.69, 9.17) is 10.5 Å². The van der Waals surface area contributed by atoms with Crippen molar-refractivity contribution in [3.63, 3.8) is 0 Å². The van der Waals surface area contributed by atoms with Crippen LogP contribution in [0.1, 0.15) is 73.7 Å². The fraction of sp³-hybridized carbons (Fsp3) is 0.654. The number of fused-ring (bicyclic) bond motifs is 4. The second kappa shape index (κ2) is 8.42. The maximum Gasteiger partial charge on any atom is 0.136 e. The Morgan fingerprint density at radius 3 is 2.52 bits per heavy atom. The summed E-state index contributed by atoms with van der Waals surface area (Å²) in [4.78, 5) is 6.98. The third-order valence-corrected chi connectivity index (χ3v) is 8.66. The minimum absolute atomic E-state index is 0.415. The summed E-state index contributed by atoms with van der Waals surface area (Å²) in [5, 5.41) is 20.0. The SMILES string of the molecule is CCNC12CCC(Cn3nc(C)c4c3CCN(c3cc(C)nc(NC)c3C=N)C4)(CC1)CC2. The lowest BCUT2D eigenvalue weighted by Crippen LogP contribution is -2.55. The molecule has 3 saturated carbocycles. The minimum atomic E-state index is 0.415. The van der Waals surface area contributed by atoms with E-state index < -0.39 is 0 Å². The van der Waals surface area contributed by atoms with Gasteiger partial charge >= 0.3 is 0 Å². The number of hydrogen-bond donors (Lipinski definition) is 3. The van der Waals surface area contributed by atoms with Gasteiger partial charge in [-0.25, -0.2) is 4.98 Å². The Morgan fingerprint density at radius 2 is 1.88 bits per heavy atom. The summed E-state index contributed by atoms with van der Waals surface area (Å²) in [6.45, 7) is 10.4. The van der Waals surface area contributed by atoms with Crippen molar-refractivity contribution in [1.29, 1.82) is 5.41 Å². The first kappa shape index (κ1) is 22.4. The predicted molar refractivity (Wildman–Crippen MR) is 135 cm³/mol. The fourth-order valence-electron chi connectivity index (χ4n) is 6.72. The Morgan fingerprint density at radius 1 is 1.15 bits per heavy atom. The van der Waals surface area contributed by atoms with Crippen LogP contribution < -0.4 is 15.5 Å². The third kappa shape index (κ3) is 3.84. The van der Waals surface area contributed by atoms with E-state index in [1.807, 2.05) is 14.0 Å². The van der Waals surface area contributed by atoms with Gasteiger partial charge in [-0.2, -0.15) is 5.10 Å². The van der Waals surface area contributed by atoms with Crippen LogP contribution >= 0.6 is 0 Å². The Bertz CT molecular complexity index is 1030. The summed E-state index contributed by atoms with van der Waals surface area (Å²) < 4.78 is 2.38. The van der Waals surface area contributed by atoms with Crippen molar-refractivity contribution in [2.24, 2.45) is 5.41 Å². The topological polar surface area (TPSA) is 81.9 Å². The van der Waals surface area contributed by atoms with Crippen molar-refractivity contribution in [2.45, 2.75) is 84.3 Å². The van der Waals surface area contributed by atoms with Crippen molar-refractivity contribution in [2.75, 3.05) is 30.4 Å². The highest BCUT2D eigenvalue weighted by molar-refractivity contribution is 5.92. The normalized spacial score (nSPS) is 26.4.